The molecule has 1 N–H and O–H groups in total. The maximum atomic E-state index is 13.3. The monoisotopic (exact) mass is 274 g/mol. The SMILES string of the molecule is CC1CCCCC1NCCn1ccc2ccc(F)cc21. The normalized spacial score (nSPS) is 23.3. The maximum Gasteiger partial charge on any atom is 0.125 e. The van der Waals surface area contributed by atoms with E-state index in [1.165, 1.54) is 31.7 Å². The number of aromatic nitrogens is 1. The molecule has 1 aromatic heterocycles. The van der Waals surface area contributed by atoms with Crippen LogP contribution in [0, 0.1) is 11.7 Å². The van der Waals surface area contributed by atoms with Crippen molar-refractivity contribution in [2.75, 3.05) is 6.54 Å². The lowest BCUT2D eigenvalue weighted by molar-refractivity contribution is 0.279. The van der Waals surface area contributed by atoms with E-state index in [1.807, 2.05) is 6.07 Å². The van der Waals surface area contributed by atoms with Crippen molar-refractivity contribution in [1.29, 1.82) is 0 Å². The first-order valence-electron chi connectivity index (χ1n) is 7.72. The molecule has 2 unspecified atom stereocenters. The molecule has 2 aromatic rings. The first-order valence-corrected chi connectivity index (χ1v) is 7.72. The van der Waals surface area contributed by atoms with E-state index in [2.05, 4.69) is 29.1 Å². The average Bonchev–Trinajstić information content (AvgIpc) is 2.83. The molecule has 2 nitrogen and oxygen atoms in total. The lowest BCUT2D eigenvalue weighted by Crippen LogP contribution is -2.38. The summed E-state index contributed by atoms with van der Waals surface area (Å²) in [5.41, 5.74) is 0.989. The molecule has 108 valence electrons. The first-order chi connectivity index (χ1) is 9.74. The Kier molecular flexibility index (Phi) is 4.06. The van der Waals surface area contributed by atoms with Crippen LogP contribution in [0.15, 0.2) is 30.5 Å². The highest BCUT2D eigenvalue weighted by atomic mass is 19.1. The standard InChI is InChI=1S/C17H23FN2/c1-13-4-2-3-5-16(13)19-9-11-20-10-8-14-6-7-15(18)12-17(14)20/h6-8,10,12-13,16,19H,2-5,9,11H2,1H3. The number of fused-ring (bicyclic) bond motifs is 1. The topological polar surface area (TPSA) is 17.0 Å². The molecule has 0 bridgehead atoms. The first kappa shape index (κ1) is 13.6. The minimum atomic E-state index is -0.161. The number of halogens is 1. The summed E-state index contributed by atoms with van der Waals surface area (Å²) in [6.07, 6.45) is 7.41. The summed E-state index contributed by atoms with van der Waals surface area (Å²) < 4.78 is 15.5. The van der Waals surface area contributed by atoms with Gasteiger partial charge in [-0.3, -0.25) is 0 Å². The van der Waals surface area contributed by atoms with Crippen LogP contribution in [0.1, 0.15) is 32.6 Å². The largest absolute Gasteiger partial charge is 0.346 e. The third-order valence-electron chi connectivity index (χ3n) is 4.61. The Balaban J connectivity index is 1.61. The molecule has 1 aliphatic rings. The number of nitrogens with one attached hydrogen (secondary N) is 1. The Morgan fingerprint density at radius 2 is 2.10 bits per heavy atom. The Morgan fingerprint density at radius 3 is 2.95 bits per heavy atom. The van der Waals surface area contributed by atoms with Gasteiger partial charge in [0, 0.05) is 25.3 Å². The number of rotatable bonds is 4. The highest BCUT2D eigenvalue weighted by molar-refractivity contribution is 5.80. The van der Waals surface area contributed by atoms with Crippen LogP contribution in [0.5, 0.6) is 0 Å². The second-order valence-electron chi connectivity index (χ2n) is 6.03. The van der Waals surface area contributed by atoms with Crippen LogP contribution < -0.4 is 5.32 Å². The molecule has 3 heteroatoms. The van der Waals surface area contributed by atoms with Crippen molar-refractivity contribution in [3.63, 3.8) is 0 Å². The molecule has 1 fully saturated rings. The Hall–Kier alpha value is -1.35. The van der Waals surface area contributed by atoms with Crippen molar-refractivity contribution in [1.82, 2.24) is 9.88 Å². The zero-order valence-corrected chi connectivity index (χ0v) is 12.1. The van der Waals surface area contributed by atoms with Gasteiger partial charge in [0.25, 0.3) is 0 Å². The van der Waals surface area contributed by atoms with Crippen molar-refractivity contribution in [3.8, 4) is 0 Å². The predicted molar refractivity (Wildman–Crippen MR) is 81.3 cm³/mol. The highest BCUT2D eigenvalue weighted by Gasteiger charge is 2.20. The molecule has 0 aliphatic heterocycles. The lowest BCUT2D eigenvalue weighted by atomic mass is 9.86. The van der Waals surface area contributed by atoms with Gasteiger partial charge in [0.15, 0.2) is 0 Å². The van der Waals surface area contributed by atoms with Crippen molar-refractivity contribution in [3.05, 3.63) is 36.3 Å². The fourth-order valence-corrected chi connectivity index (χ4v) is 3.34. The zero-order chi connectivity index (χ0) is 13.9. The number of benzene rings is 1. The number of hydrogen-bond acceptors (Lipinski definition) is 1. The van der Waals surface area contributed by atoms with Gasteiger partial charge in [-0.1, -0.05) is 19.8 Å². The summed E-state index contributed by atoms with van der Waals surface area (Å²) in [4.78, 5) is 0. The number of hydrogen-bond donors (Lipinski definition) is 1. The van der Waals surface area contributed by atoms with Gasteiger partial charge < -0.3 is 9.88 Å². The average molecular weight is 274 g/mol. The fraction of sp³-hybridized carbons (Fsp3) is 0.529. The molecule has 1 saturated carbocycles. The van der Waals surface area contributed by atoms with Crippen LogP contribution >= 0.6 is 0 Å². The molecule has 1 heterocycles. The Labute approximate surface area is 120 Å². The molecule has 20 heavy (non-hydrogen) atoms. The van der Waals surface area contributed by atoms with Crippen LogP contribution in [0.4, 0.5) is 4.39 Å². The molecule has 1 aliphatic carbocycles. The Morgan fingerprint density at radius 1 is 1.25 bits per heavy atom. The smallest absolute Gasteiger partial charge is 0.125 e. The third-order valence-corrected chi connectivity index (χ3v) is 4.61. The van der Waals surface area contributed by atoms with Gasteiger partial charge in [-0.15, -0.1) is 0 Å². The summed E-state index contributed by atoms with van der Waals surface area (Å²) in [5, 5.41) is 4.78. The van der Waals surface area contributed by atoms with Gasteiger partial charge in [0.2, 0.25) is 0 Å². The van der Waals surface area contributed by atoms with Crippen LogP contribution in [0.3, 0.4) is 0 Å². The van der Waals surface area contributed by atoms with E-state index < -0.39 is 0 Å². The van der Waals surface area contributed by atoms with E-state index in [1.54, 1.807) is 6.07 Å². The summed E-state index contributed by atoms with van der Waals surface area (Å²) in [6, 6.07) is 7.70. The minimum absolute atomic E-state index is 0.161. The van der Waals surface area contributed by atoms with E-state index in [0.717, 1.165) is 29.9 Å². The van der Waals surface area contributed by atoms with Gasteiger partial charge in [-0.25, -0.2) is 4.39 Å². The van der Waals surface area contributed by atoms with E-state index in [9.17, 15) is 4.39 Å². The van der Waals surface area contributed by atoms with Gasteiger partial charge in [-0.2, -0.15) is 0 Å². The second-order valence-corrected chi connectivity index (χ2v) is 6.03. The molecule has 2 atom stereocenters. The van der Waals surface area contributed by atoms with Gasteiger partial charge >= 0.3 is 0 Å². The van der Waals surface area contributed by atoms with Crippen molar-refractivity contribution in [2.24, 2.45) is 5.92 Å². The van der Waals surface area contributed by atoms with Crippen molar-refractivity contribution in [2.45, 2.75) is 45.2 Å². The molecular formula is C17H23FN2. The summed E-state index contributed by atoms with van der Waals surface area (Å²) in [6.45, 7) is 4.20. The summed E-state index contributed by atoms with van der Waals surface area (Å²) in [7, 11) is 0. The summed E-state index contributed by atoms with van der Waals surface area (Å²) >= 11 is 0. The molecule has 0 radical (unpaired) electrons. The number of nitrogens with zero attached hydrogens (tertiary/aromatic N) is 1. The molecule has 0 amide bonds. The second kappa shape index (κ2) is 5.96. The van der Waals surface area contributed by atoms with Gasteiger partial charge in [-0.05, 0) is 48.4 Å². The third kappa shape index (κ3) is 2.88. The molecule has 3 rings (SSSR count). The predicted octanol–water partition coefficient (Wildman–Crippen LogP) is 3.95. The van der Waals surface area contributed by atoms with Gasteiger partial charge in [0.1, 0.15) is 5.82 Å². The van der Waals surface area contributed by atoms with Crippen LogP contribution in [-0.2, 0) is 6.54 Å². The quantitative estimate of drug-likeness (QED) is 0.893. The van der Waals surface area contributed by atoms with Gasteiger partial charge in [0.05, 0.1) is 5.52 Å². The van der Waals surface area contributed by atoms with E-state index in [4.69, 9.17) is 0 Å². The van der Waals surface area contributed by atoms with E-state index >= 15 is 0 Å². The molecule has 1 aromatic carbocycles. The maximum absolute atomic E-state index is 13.3. The van der Waals surface area contributed by atoms with E-state index in [-0.39, 0.29) is 5.82 Å². The highest BCUT2D eigenvalue weighted by Crippen LogP contribution is 2.23. The van der Waals surface area contributed by atoms with E-state index in [0.29, 0.717) is 6.04 Å². The molecule has 0 saturated heterocycles. The fourth-order valence-electron chi connectivity index (χ4n) is 3.34. The van der Waals surface area contributed by atoms with Crippen molar-refractivity contribution < 1.29 is 4.39 Å². The zero-order valence-electron chi connectivity index (χ0n) is 12.1. The molecule has 0 spiro atoms. The lowest BCUT2D eigenvalue weighted by Gasteiger charge is -2.29. The Bertz CT molecular complexity index is 575. The van der Waals surface area contributed by atoms with Crippen molar-refractivity contribution >= 4 is 10.9 Å². The summed E-state index contributed by atoms with van der Waals surface area (Å²) in [5.74, 6) is 0.619. The minimum Gasteiger partial charge on any atom is -0.346 e. The van der Waals surface area contributed by atoms with Crippen LogP contribution in [0.2, 0.25) is 0 Å². The van der Waals surface area contributed by atoms with Crippen LogP contribution in [0.25, 0.3) is 10.9 Å². The van der Waals surface area contributed by atoms with Crippen LogP contribution in [-0.4, -0.2) is 17.2 Å². The molecular weight excluding hydrogens is 251 g/mol.